The van der Waals surface area contributed by atoms with E-state index in [4.69, 9.17) is 4.42 Å². The summed E-state index contributed by atoms with van der Waals surface area (Å²) in [5.74, 6) is 0.592. The first-order valence-corrected chi connectivity index (χ1v) is 9.06. The van der Waals surface area contributed by atoms with Crippen LogP contribution in [0.25, 0.3) is 0 Å². The number of amides is 2. The van der Waals surface area contributed by atoms with E-state index < -0.39 is 0 Å². The Hall–Kier alpha value is -2.76. The molecule has 2 N–H and O–H groups in total. The van der Waals surface area contributed by atoms with Crippen molar-refractivity contribution < 1.29 is 14.0 Å². The Kier molecular flexibility index (Phi) is 7.74. The van der Waals surface area contributed by atoms with Crippen LogP contribution in [-0.4, -0.2) is 36.3 Å². The smallest absolute Gasteiger partial charge is 0.253 e. The van der Waals surface area contributed by atoms with Gasteiger partial charge >= 0.3 is 0 Å². The normalized spacial score (nSPS) is 10.4. The number of hydrogen-bond acceptors (Lipinski definition) is 4. The van der Waals surface area contributed by atoms with Crippen LogP contribution in [0.4, 0.5) is 5.69 Å². The zero-order valence-corrected chi connectivity index (χ0v) is 15.5. The van der Waals surface area contributed by atoms with Gasteiger partial charge in [0.25, 0.3) is 5.91 Å². The molecule has 2 rings (SSSR count). The Morgan fingerprint density at radius 3 is 2.50 bits per heavy atom. The molecule has 2 amide bonds. The van der Waals surface area contributed by atoms with Crippen LogP contribution in [0, 0.1) is 0 Å². The lowest BCUT2D eigenvalue weighted by Gasteiger charge is -2.21. The summed E-state index contributed by atoms with van der Waals surface area (Å²) in [6, 6.07) is 10.9. The molecule has 0 atom stereocenters. The molecule has 0 bridgehead atoms. The fourth-order valence-electron chi connectivity index (χ4n) is 2.64. The molecule has 0 unspecified atom stereocenters. The van der Waals surface area contributed by atoms with Gasteiger partial charge in [-0.1, -0.05) is 19.9 Å². The molecule has 1 aromatic heterocycles. The third-order valence-corrected chi connectivity index (χ3v) is 3.88. The van der Waals surface area contributed by atoms with Crippen LogP contribution in [0.5, 0.6) is 0 Å². The van der Waals surface area contributed by atoms with E-state index in [0.29, 0.717) is 17.9 Å². The molecule has 0 radical (unpaired) electrons. The first-order chi connectivity index (χ1) is 12.6. The van der Waals surface area contributed by atoms with Gasteiger partial charge < -0.3 is 20.0 Å². The summed E-state index contributed by atoms with van der Waals surface area (Å²) in [4.78, 5) is 26.4. The van der Waals surface area contributed by atoms with Gasteiger partial charge in [0.15, 0.2) is 0 Å². The second-order valence-electron chi connectivity index (χ2n) is 6.08. The molecule has 0 aliphatic heterocycles. The lowest BCUT2D eigenvalue weighted by molar-refractivity contribution is -0.119. The Balaban J connectivity index is 1.89. The van der Waals surface area contributed by atoms with E-state index in [0.717, 1.165) is 31.6 Å². The van der Waals surface area contributed by atoms with Gasteiger partial charge in [-0.25, -0.2) is 0 Å². The van der Waals surface area contributed by atoms with Crippen molar-refractivity contribution >= 4 is 17.5 Å². The van der Waals surface area contributed by atoms with E-state index in [1.165, 1.54) is 0 Å². The molecule has 2 aromatic rings. The minimum absolute atomic E-state index is 0.0274. The highest BCUT2D eigenvalue weighted by Crippen LogP contribution is 2.13. The lowest BCUT2D eigenvalue weighted by Crippen LogP contribution is -2.32. The highest BCUT2D eigenvalue weighted by molar-refractivity contribution is 5.95. The Morgan fingerprint density at radius 1 is 1.08 bits per heavy atom. The monoisotopic (exact) mass is 357 g/mol. The summed E-state index contributed by atoms with van der Waals surface area (Å²) in [6.07, 6.45) is 3.43. The number of furan rings is 1. The molecule has 0 saturated carbocycles. The zero-order valence-electron chi connectivity index (χ0n) is 15.5. The average molecular weight is 357 g/mol. The third kappa shape index (κ3) is 5.95. The average Bonchev–Trinajstić information content (AvgIpc) is 3.18. The van der Waals surface area contributed by atoms with Crippen LogP contribution >= 0.6 is 0 Å². The van der Waals surface area contributed by atoms with Crippen molar-refractivity contribution in [3.8, 4) is 0 Å². The topological polar surface area (TPSA) is 74.6 Å². The van der Waals surface area contributed by atoms with E-state index in [9.17, 15) is 9.59 Å². The molecule has 6 nitrogen and oxygen atoms in total. The fraction of sp³-hybridized carbons (Fsp3) is 0.400. The molecule has 0 aliphatic rings. The van der Waals surface area contributed by atoms with Crippen LogP contribution in [0.1, 0.15) is 42.8 Å². The van der Waals surface area contributed by atoms with Crippen molar-refractivity contribution in [1.82, 2.24) is 10.2 Å². The molecular formula is C20H27N3O3. The van der Waals surface area contributed by atoms with Crippen molar-refractivity contribution in [3.63, 3.8) is 0 Å². The Bertz CT molecular complexity index is 692. The number of rotatable bonds is 10. The zero-order chi connectivity index (χ0) is 18.8. The van der Waals surface area contributed by atoms with Crippen LogP contribution in [0.3, 0.4) is 0 Å². The molecule has 26 heavy (non-hydrogen) atoms. The van der Waals surface area contributed by atoms with Crippen LogP contribution in [0.2, 0.25) is 0 Å². The lowest BCUT2D eigenvalue weighted by atomic mass is 10.1. The van der Waals surface area contributed by atoms with Crippen molar-refractivity contribution in [2.24, 2.45) is 0 Å². The van der Waals surface area contributed by atoms with Gasteiger partial charge in [0.05, 0.1) is 19.4 Å². The highest BCUT2D eigenvalue weighted by atomic mass is 16.3. The van der Waals surface area contributed by atoms with Gasteiger partial charge in [0.2, 0.25) is 5.91 Å². The molecule has 0 aliphatic carbocycles. The number of carbonyl (C=O) groups excluding carboxylic acids is 2. The van der Waals surface area contributed by atoms with Gasteiger partial charge in [-0.2, -0.15) is 0 Å². The van der Waals surface area contributed by atoms with Gasteiger partial charge in [-0.05, 0) is 43.2 Å². The third-order valence-electron chi connectivity index (χ3n) is 3.88. The van der Waals surface area contributed by atoms with Gasteiger partial charge in [0, 0.05) is 24.3 Å². The SMILES string of the molecule is CCCN(CCC)C(=O)c1cccc(NCC(=O)NCc2ccco2)c1. The maximum Gasteiger partial charge on any atom is 0.253 e. The van der Waals surface area contributed by atoms with Crippen molar-refractivity contribution in [3.05, 3.63) is 54.0 Å². The van der Waals surface area contributed by atoms with E-state index in [2.05, 4.69) is 24.5 Å². The summed E-state index contributed by atoms with van der Waals surface area (Å²) >= 11 is 0. The van der Waals surface area contributed by atoms with Gasteiger partial charge in [0.1, 0.15) is 5.76 Å². The highest BCUT2D eigenvalue weighted by Gasteiger charge is 2.14. The molecule has 6 heteroatoms. The minimum atomic E-state index is -0.142. The van der Waals surface area contributed by atoms with Crippen molar-refractivity contribution in [2.45, 2.75) is 33.2 Å². The molecular weight excluding hydrogens is 330 g/mol. The van der Waals surface area contributed by atoms with Gasteiger partial charge in [-0.3, -0.25) is 9.59 Å². The minimum Gasteiger partial charge on any atom is -0.467 e. The molecule has 0 saturated heterocycles. The number of nitrogens with one attached hydrogen (secondary N) is 2. The van der Waals surface area contributed by atoms with Crippen molar-refractivity contribution in [2.75, 3.05) is 25.0 Å². The maximum atomic E-state index is 12.7. The van der Waals surface area contributed by atoms with E-state index >= 15 is 0 Å². The quantitative estimate of drug-likeness (QED) is 0.684. The van der Waals surface area contributed by atoms with Crippen LogP contribution in [-0.2, 0) is 11.3 Å². The summed E-state index contributed by atoms with van der Waals surface area (Å²) in [5, 5.41) is 5.83. The van der Waals surface area contributed by atoms with E-state index in [-0.39, 0.29) is 18.4 Å². The summed E-state index contributed by atoms with van der Waals surface area (Å²) < 4.78 is 5.17. The number of nitrogens with zero attached hydrogens (tertiary/aromatic N) is 1. The molecule has 0 fully saturated rings. The standard InChI is InChI=1S/C20H27N3O3/c1-3-10-23(11-4-2)20(25)16-7-5-8-17(13-16)21-15-19(24)22-14-18-9-6-12-26-18/h5-9,12-13,21H,3-4,10-11,14-15H2,1-2H3,(H,22,24). The molecule has 140 valence electrons. The van der Waals surface area contributed by atoms with Crippen LogP contribution in [0.15, 0.2) is 47.1 Å². The van der Waals surface area contributed by atoms with E-state index in [1.54, 1.807) is 24.5 Å². The number of carbonyl (C=O) groups is 2. The number of benzene rings is 1. The van der Waals surface area contributed by atoms with Crippen LogP contribution < -0.4 is 10.6 Å². The molecule has 1 heterocycles. The summed E-state index contributed by atoms with van der Waals surface area (Å²) in [5.41, 5.74) is 1.38. The second-order valence-corrected chi connectivity index (χ2v) is 6.08. The maximum absolute atomic E-state index is 12.7. The first-order valence-electron chi connectivity index (χ1n) is 9.06. The second kappa shape index (κ2) is 10.3. The molecule has 1 aromatic carbocycles. The fourth-order valence-corrected chi connectivity index (χ4v) is 2.64. The summed E-state index contributed by atoms with van der Waals surface area (Å²) in [6.45, 7) is 6.12. The largest absolute Gasteiger partial charge is 0.467 e. The Morgan fingerprint density at radius 2 is 1.85 bits per heavy atom. The Labute approximate surface area is 154 Å². The predicted molar refractivity (Wildman–Crippen MR) is 102 cm³/mol. The summed E-state index contributed by atoms with van der Waals surface area (Å²) in [7, 11) is 0. The van der Waals surface area contributed by atoms with Crippen molar-refractivity contribution in [1.29, 1.82) is 0 Å². The first kappa shape index (κ1) is 19.6. The number of hydrogen-bond donors (Lipinski definition) is 2. The van der Waals surface area contributed by atoms with Gasteiger partial charge in [-0.15, -0.1) is 0 Å². The molecule has 0 spiro atoms. The van der Waals surface area contributed by atoms with E-state index in [1.807, 2.05) is 23.1 Å². The predicted octanol–water partition coefficient (Wildman–Crippen LogP) is 3.27. The number of anilines is 1.